The van der Waals surface area contributed by atoms with Gasteiger partial charge in [-0.2, -0.15) is 0 Å². The summed E-state index contributed by atoms with van der Waals surface area (Å²) in [7, 11) is 4.67. The first-order chi connectivity index (χ1) is 5.59. The van der Waals surface area contributed by atoms with E-state index in [4.69, 9.17) is 0 Å². The van der Waals surface area contributed by atoms with Gasteiger partial charge in [0.2, 0.25) is 0 Å². The Kier molecular flexibility index (Phi) is 5.01. The molecule has 2 heteroatoms. The summed E-state index contributed by atoms with van der Waals surface area (Å²) in [4.78, 5) is 0. The lowest BCUT2D eigenvalue weighted by atomic mass is 10.1. The van der Waals surface area contributed by atoms with E-state index < -0.39 is 0 Å². The van der Waals surface area contributed by atoms with Crippen molar-refractivity contribution in [2.45, 2.75) is 44.7 Å². The standard InChI is InChI=1S/C11H22N.ClH/c1-5-10(2)12(3,4)11-8-6-7-9-11;/h5,10-11H,1,6-9H2,2-4H3;1H/q+1;/p-1. The van der Waals surface area contributed by atoms with Gasteiger partial charge in [0, 0.05) is 0 Å². The first-order valence-electron chi connectivity index (χ1n) is 5.05. The van der Waals surface area contributed by atoms with Gasteiger partial charge in [-0.1, -0.05) is 6.58 Å². The third-order valence-electron chi connectivity index (χ3n) is 3.66. The maximum absolute atomic E-state index is 3.88. The molecule has 13 heavy (non-hydrogen) atoms. The molecule has 1 nitrogen and oxygen atoms in total. The molecule has 0 aliphatic heterocycles. The van der Waals surface area contributed by atoms with Gasteiger partial charge in [-0.3, -0.25) is 0 Å². The lowest BCUT2D eigenvalue weighted by molar-refractivity contribution is -0.929. The minimum atomic E-state index is 0. The zero-order chi connectivity index (χ0) is 9.19. The Balaban J connectivity index is 0.00000144. The Morgan fingerprint density at radius 3 is 2.15 bits per heavy atom. The van der Waals surface area contributed by atoms with E-state index >= 15 is 0 Å². The summed E-state index contributed by atoms with van der Waals surface area (Å²) < 4.78 is 1.13. The molecule has 1 aliphatic carbocycles. The molecule has 0 radical (unpaired) electrons. The van der Waals surface area contributed by atoms with Crippen molar-refractivity contribution >= 4 is 0 Å². The third kappa shape index (κ3) is 2.72. The first kappa shape index (κ1) is 13.0. The third-order valence-corrected chi connectivity index (χ3v) is 3.66. The lowest BCUT2D eigenvalue weighted by Gasteiger charge is -2.40. The number of nitrogens with zero attached hydrogens (tertiary/aromatic N) is 1. The SMILES string of the molecule is C=CC(C)[N+](C)(C)C1CCCC1.[Cl-]. The average Bonchev–Trinajstić information content (AvgIpc) is 2.55. The van der Waals surface area contributed by atoms with Gasteiger partial charge in [-0.25, -0.2) is 0 Å². The highest BCUT2D eigenvalue weighted by molar-refractivity contribution is 4.79. The van der Waals surface area contributed by atoms with Crippen molar-refractivity contribution < 1.29 is 16.9 Å². The molecule has 0 N–H and O–H groups in total. The van der Waals surface area contributed by atoms with Crippen LogP contribution in [0.25, 0.3) is 0 Å². The molecule has 0 spiro atoms. The molecule has 0 amide bonds. The van der Waals surface area contributed by atoms with Crippen molar-refractivity contribution in [3.8, 4) is 0 Å². The Morgan fingerprint density at radius 1 is 1.31 bits per heavy atom. The summed E-state index contributed by atoms with van der Waals surface area (Å²) in [5, 5.41) is 0. The van der Waals surface area contributed by atoms with Crippen LogP contribution in [0.5, 0.6) is 0 Å². The van der Waals surface area contributed by atoms with Crippen LogP contribution in [0, 0.1) is 0 Å². The van der Waals surface area contributed by atoms with Gasteiger partial charge in [-0.05, 0) is 38.7 Å². The van der Waals surface area contributed by atoms with Gasteiger partial charge in [0.05, 0.1) is 20.1 Å². The van der Waals surface area contributed by atoms with Gasteiger partial charge in [-0.15, -0.1) is 0 Å². The smallest absolute Gasteiger partial charge is 0.104 e. The zero-order valence-corrected chi connectivity index (χ0v) is 9.85. The topological polar surface area (TPSA) is 0 Å². The second-order valence-corrected chi connectivity index (χ2v) is 4.54. The van der Waals surface area contributed by atoms with Gasteiger partial charge >= 0.3 is 0 Å². The summed E-state index contributed by atoms with van der Waals surface area (Å²) in [6.07, 6.45) is 7.75. The second-order valence-electron chi connectivity index (χ2n) is 4.54. The predicted molar refractivity (Wildman–Crippen MR) is 54.0 cm³/mol. The van der Waals surface area contributed by atoms with E-state index in [0.29, 0.717) is 6.04 Å². The van der Waals surface area contributed by atoms with Crippen LogP contribution in [0.1, 0.15) is 32.6 Å². The number of rotatable bonds is 3. The highest BCUT2D eigenvalue weighted by Gasteiger charge is 2.33. The second kappa shape index (κ2) is 5.02. The fraction of sp³-hybridized carbons (Fsp3) is 0.818. The van der Waals surface area contributed by atoms with Crippen LogP contribution in [0.2, 0.25) is 0 Å². The van der Waals surface area contributed by atoms with Crippen LogP contribution in [-0.4, -0.2) is 30.7 Å². The lowest BCUT2D eigenvalue weighted by Crippen LogP contribution is -3.00. The molecule has 0 saturated heterocycles. The van der Waals surface area contributed by atoms with E-state index in [-0.39, 0.29) is 12.4 Å². The van der Waals surface area contributed by atoms with E-state index in [9.17, 15) is 0 Å². The minimum absolute atomic E-state index is 0. The van der Waals surface area contributed by atoms with E-state index in [1.54, 1.807) is 0 Å². The minimum Gasteiger partial charge on any atom is -1.00 e. The highest BCUT2D eigenvalue weighted by Crippen LogP contribution is 2.28. The molecule has 78 valence electrons. The molecule has 0 aromatic heterocycles. The van der Waals surface area contributed by atoms with E-state index in [1.807, 2.05) is 0 Å². The summed E-state index contributed by atoms with van der Waals surface area (Å²) in [5.41, 5.74) is 0. The highest BCUT2D eigenvalue weighted by atomic mass is 35.5. The Labute approximate surface area is 88.8 Å². The van der Waals surface area contributed by atoms with Gasteiger partial charge in [0.15, 0.2) is 0 Å². The molecular weight excluding hydrogens is 182 g/mol. The van der Waals surface area contributed by atoms with Gasteiger partial charge < -0.3 is 16.9 Å². The summed E-state index contributed by atoms with van der Waals surface area (Å²) in [6, 6.07) is 1.46. The number of likely N-dealkylation sites (N-methyl/N-ethyl adjacent to an activating group) is 1. The van der Waals surface area contributed by atoms with Crippen LogP contribution in [0.4, 0.5) is 0 Å². The fourth-order valence-electron chi connectivity index (χ4n) is 2.17. The molecule has 1 fully saturated rings. The number of halogens is 1. The molecule has 1 saturated carbocycles. The molecule has 1 atom stereocenters. The number of quaternary nitrogens is 1. The van der Waals surface area contributed by atoms with Gasteiger partial charge in [0.25, 0.3) is 0 Å². The molecule has 1 aliphatic rings. The maximum atomic E-state index is 3.88. The monoisotopic (exact) mass is 203 g/mol. The first-order valence-corrected chi connectivity index (χ1v) is 5.05. The van der Waals surface area contributed by atoms with E-state index in [1.165, 1.54) is 25.7 Å². The van der Waals surface area contributed by atoms with Crippen molar-refractivity contribution in [3.05, 3.63) is 12.7 Å². The van der Waals surface area contributed by atoms with E-state index in [0.717, 1.165) is 10.5 Å². The van der Waals surface area contributed by atoms with Crippen molar-refractivity contribution in [3.63, 3.8) is 0 Å². The van der Waals surface area contributed by atoms with Crippen LogP contribution in [-0.2, 0) is 0 Å². The molecule has 0 heterocycles. The van der Waals surface area contributed by atoms with Crippen molar-refractivity contribution in [1.82, 2.24) is 0 Å². The van der Waals surface area contributed by atoms with Crippen molar-refractivity contribution in [2.24, 2.45) is 0 Å². The summed E-state index contributed by atoms with van der Waals surface area (Å²) in [5.74, 6) is 0. The van der Waals surface area contributed by atoms with Gasteiger partial charge in [0.1, 0.15) is 6.04 Å². The molecule has 1 unspecified atom stereocenters. The molecular formula is C11H22ClN. The summed E-state index contributed by atoms with van der Waals surface area (Å²) in [6.45, 7) is 6.15. The number of hydrogen-bond acceptors (Lipinski definition) is 0. The fourth-order valence-corrected chi connectivity index (χ4v) is 2.17. The van der Waals surface area contributed by atoms with Crippen LogP contribution in [0.15, 0.2) is 12.7 Å². The molecule has 0 aromatic rings. The Hall–Kier alpha value is -0.0100. The van der Waals surface area contributed by atoms with Crippen LogP contribution >= 0.6 is 0 Å². The molecule has 0 aromatic carbocycles. The quantitative estimate of drug-likeness (QED) is 0.432. The normalized spacial score (nSPS) is 20.8. The molecule has 1 rings (SSSR count). The molecule has 0 bridgehead atoms. The Morgan fingerprint density at radius 2 is 1.77 bits per heavy atom. The summed E-state index contributed by atoms with van der Waals surface area (Å²) >= 11 is 0. The van der Waals surface area contributed by atoms with Crippen LogP contribution in [0.3, 0.4) is 0 Å². The largest absolute Gasteiger partial charge is 1.00 e. The zero-order valence-electron chi connectivity index (χ0n) is 9.09. The van der Waals surface area contributed by atoms with Crippen molar-refractivity contribution in [1.29, 1.82) is 0 Å². The number of hydrogen-bond donors (Lipinski definition) is 0. The average molecular weight is 204 g/mol. The maximum Gasteiger partial charge on any atom is 0.104 e. The van der Waals surface area contributed by atoms with Crippen LogP contribution < -0.4 is 12.4 Å². The van der Waals surface area contributed by atoms with Crippen molar-refractivity contribution in [2.75, 3.05) is 14.1 Å². The predicted octanol–water partition coefficient (Wildman–Crippen LogP) is -0.416. The van der Waals surface area contributed by atoms with E-state index in [2.05, 4.69) is 33.7 Å². The Bertz CT molecular complexity index is 159.